The molecule has 0 aliphatic rings. The van der Waals surface area contributed by atoms with E-state index in [1.807, 2.05) is 6.92 Å². The summed E-state index contributed by atoms with van der Waals surface area (Å²) in [7, 11) is 1.42. The van der Waals surface area contributed by atoms with Crippen molar-refractivity contribution in [3.05, 3.63) is 0 Å². The van der Waals surface area contributed by atoms with Crippen LogP contribution in [0.1, 0.15) is 6.92 Å². The second kappa shape index (κ2) is 3.25. The van der Waals surface area contributed by atoms with Gasteiger partial charge in [0.2, 0.25) is 0 Å². The second-order valence-corrected chi connectivity index (χ2v) is 7.79. The molecule has 60 valence electrons. The van der Waals surface area contributed by atoms with Crippen molar-refractivity contribution < 1.29 is 9.53 Å². The summed E-state index contributed by atoms with van der Waals surface area (Å²) in [5.41, 5.74) is 0. The topological polar surface area (TPSA) is 26.3 Å². The van der Waals surface area contributed by atoms with Crippen LogP contribution in [-0.2, 0) is 9.53 Å². The predicted molar refractivity (Wildman–Crippen MR) is 47.4 cm³/mol. The Balaban J connectivity index is 4.66. The van der Waals surface area contributed by atoms with E-state index in [0.29, 0.717) is 0 Å². The van der Waals surface area contributed by atoms with Gasteiger partial charge in [-0.15, -0.1) is 6.89 Å². The molecule has 0 heterocycles. The lowest BCUT2D eigenvalue weighted by atomic mass is 10.5. The van der Waals surface area contributed by atoms with E-state index in [0.717, 1.165) is 5.29 Å². The first-order valence-corrected chi connectivity index (χ1v) is 6.26. The van der Waals surface area contributed by atoms with E-state index >= 15 is 0 Å². The largest absolute Gasteiger partial charge is 0.466 e. The van der Waals surface area contributed by atoms with E-state index in [1.165, 1.54) is 7.11 Å². The van der Waals surface area contributed by atoms with E-state index < -0.39 is 6.89 Å². The summed E-state index contributed by atoms with van der Waals surface area (Å²) < 4.78 is 4.59. The first-order valence-electron chi connectivity index (χ1n) is 3.13. The Hall–Kier alpha value is -0.230. The van der Waals surface area contributed by atoms with E-state index in [-0.39, 0.29) is 5.97 Å². The van der Waals surface area contributed by atoms with Gasteiger partial charge in [-0.25, -0.2) is 4.79 Å². The number of ether oxygens (including phenoxy) is 1. The van der Waals surface area contributed by atoms with E-state index in [4.69, 9.17) is 0 Å². The maximum Gasteiger partial charge on any atom is 0.333 e. The minimum absolute atomic E-state index is 0.166. The van der Waals surface area contributed by atoms with Gasteiger partial charge >= 0.3 is 5.97 Å². The number of carbonyl (C=O) groups is 1. The fourth-order valence-corrected chi connectivity index (χ4v) is 1.06. The van der Waals surface area contributed by atoms with E-state index in [1.54, 1.807) is 0 Å². The molecule has 0 saturated carbocycles. The van der Waals surface area contributed by atoms with Crippen LogP contribution in [0, 0.1) is 0 Å². The van der Waals surface area contributed by atoms with Gasteiger partial charge in [0.05, 0.1) is 7.11 Å². The van der Waals surface area contributed by atoms with Crippen molar-refractivity contribution in [2.75, 3.05) is 27.1 Å². The lowest BCUT2D eigenvalue weighted by molar-refractivity contribution is -0.132. The average molecular weight is 162 g/mol. The number of methoxy groups -OCH3 is 1. The molecule has 0 aromatic rings. The molecule has 0 aromatic heterocycles. The summed E-state index contributed by atoms with van der Waals surface area (Å²) in [6, 6.07) is 0. The van der Waals surface area contributed by atoms with Crippen LogP contribution in [0.3, 0.4) is 0 Å². The molecule has 0 aliphatic heterocycles. The molecule has 0 unspecified atom stereocenters. The summed E-state index contributed by atoms with van der Waals surface area (Å²) in [4.78, 5) is 10.9. The van der Waals surface area contributed by atoms with Crippen molar-refractivity contribution in [2.24, 2.45) is 0 Å². The summed E-state index contributed by atoms with van der Waals surface area (Å²) >= 11 is 0. The van der Waals surface area contributed by atoms with Crippen molar-refractivity contribution in [3.63, 3.8) is 0 Å². The maximum atomic E-state index is 10.9. The number of carbonyl (C=O) groups excluding carboxylic acids is 1. The summed E-state index contributed by atoms with van der Waals surface area (Å²) in [5.74, 6) is -0.166. The van der Waals surface area contributed by atoms with Crippen LogP contribution in [0.2, 0.25) is 0 Å². The molecule has 0 N–H and O–H groups in total. The van der Waals surface area contributed by atoms with Gasteiger partial charge in [-0.05, 0) is 26.9 Å². The van der Waals surface area contributed by atoms with Crippen LogP contribution < -0.4 is 0 Å². The van der Waals surface area contributed by atoms with Crippen molar-refractivity contribution in [1.82, 2.24) is 0 Å². The summed E-state index contributed by atoms with van der Waals surface area (Å²) in [5, 5.41) is 0.870. The van der Waals surface area contributed by atoms with Gasteiger partial charge < -0.3 is 4.74 Å². The fourth-order valence-electron chi connectivity index (χ4n) is 0.422. The van der Waals surface area contributed by atoms with Crippen LogP contribution in [0.5, 0.6) is 0 Å². The molecular weight excluding hydrogens is 147 g/mol. The molecule has 0 radical (unpaired) electrons. The zero-order chi connectivity index (χ0) is 8.36. The number of hydrogen-bond donors (Lipinski definition) is 0. The third-order valence-electron chi connectivity index (χ3n) is 1.49. The second-order valence-electron chi connectivity index (χ2n) is 3.09. The molecule has 2 nitrogen and oxygen atoms in total. The lowest BCUT2D eigenvalue weighted by Gasteiger charge is -2.11. The van der Waals surface area contributed by atoms with Gasteiger partial charge in [-0.1, -0.05) is 0 Å². The minimum Gasteiger partial charge on any atom is -0.466 e. The molecule has 0 bridgehead atoms. The summed E-state index contributed by atoms with van der Waals surface area (Å²) in [6.45, 7) is 7.00. The van der Waals surface area contributed by atoms with Crippen LogP contribution in [0.15, 0.2) is 0 Å². The monoisotopic (exact) mass is 162 g/mol. The minimum atomic E-state index is -1.14. The SMILES string of the molecule is COC(=O)C(C)=P(C)(C)C. The molecule has 0 aromatic carbocycles. The van der Waals surface area contributed by atoms with Crippen LogP contribution >= 0.6 is 6.89 Å². The Morgan fingerprint density at radius 3 is 1.80 bits per heavy atom. The third-order valence-corrected chi connectivity index (χ3v) is 3.68. The molecule has 0 atom stereocenters. The molecule has 0 amide bonds. The highest BCUT2D eigenvalue weighted by Gasteiger charge is 2.09. The Labute approximate surface area is 62.5 Å². The van der Waals surface area contributed by atoms with Crippen LogP contribution in [0.4, 0.5) is 0 Å². The van der Waals surface area contributed by atoms with Gasteiger partial charge in [0.1, 0.15) is 0 Å². The maximum absolute atomic E-state index is 10.9. The smallest absolute Gasteiger partial charge is 0.333 e. The standard InChI is InChI=1S/C7H15O2P/c1-6(7(8)9-2)10(3,4)5/h1-5H3. The Bertz CT molecular complexity index is 180. The van der Waals surface area contributed by atoms with Gasteiger partial charge in [-0.2, -0.15) is 0 Å². The van der Waals surface area contributed by atoms with Crippen molar-refractivity contribution in [3.8, 4) is 0 Å². The zero-order valence-corrected chi connectivity index (χ0v) is 8.16. The normalized spacial score (nSPS) is 10.9. The molecule has 0 aliphatic carbocycles. The van der Waals surface area contributed by atoms with Gasteiger partial charge in [0.25, 0.3) is 0 Å². The molecule has 3 heteroatoms. The molecule has 0 fully saturated rings. The van der Waals surface area contributed by atoms with E-state index in [9.17, 15) is 4.79 Å². The van der Waals surface area contributed by atoms with Gasteiger partial charge in [0, 0.05) is 5.29 Å². The number of hydrogen-bond acceptors (Lipinski definition) is 2. The van der Waals surface area contributed by atoms with E-state index in [2.05, 4.69) is 24.7 Å². The summed E-state index contributed by atoms with van der Waals surface area (Å²) in [6.07, 6.45) is 0. The quantitative estimate of drug-likeness (QED) is 0.428. The van der Waals surface area contributed by atoms with Gasteiger partial charge in [0.15, 0.2) is 0 Å². The van der Waals surface area contributed by atoms with Crippen molar-refractivity contribution >= 4 is 18.1 Å². The lowest BCUT2D eigenvalue weighted by Crippen LogP contribution is -2.13. The predicted octanol–water partition coefficient (Wildman–Crippen LogP) is 1.26. The average Bonchev–Trinajstić information content (AvgIpc) is 1.83. The third kappa shape index (κ3) is 2.57. The van der Waals surface area contributed by atoms with Crippen molar-refractivity contribution in [2.45, 2.75) is 6.92 Å². The highest BCUT2D eigenvalue weighted by atomic mass is 31.2. The Morgan fingerprint density at radius 1 is 1.30 bits per heavy atom. The highest BCUT2D eigenvalue weighted by molar-refractivity contribution is 7.75. The molecule has 0 saturated heterocycles. The van der Waals surface area contributed by atoms with Crippen LogP contribution in [-0.4, -0.2) is 38.4 Å². The molecular formula is C7H15O2P. The number of esters is 1. The fraction of sp³-hybridized carbons (Fsp3) is 0.714. The first kappa shape index (κ1) is 9.77. The molecule has 0 spiro atoms. The zero-order valence-electron chi connectivity index (χ0n) is 7.26. The molecule has 10 heavy (non-hydrogen) atoms. The van der Waals surface area contributed by atoms with Crippen LogP contribution in [0.25, 0.3) is 0 Å². The Morgan fingerprint density at radius 2 is 1.70 bits per heavy atom. The van der Waals surface area contributed by atoms with Crippen molar-refractivity contribution in [1.29, 1.82) is 0 Å². The number of rotatable bonds is 1. The molecule has 0 rings (SSSR count). The Kier molecular flexibility index (Phi) is 3.17. The van der Waals surface area contributed by atoms with Gasteiger partial charge in [-0.3, -0.25) is 0 Å². The first-order chi connectivity index (χ1) is 4.39. The highest BCUT2D eigenvalue weighted by Crippen LogP contribution is 2.35.